The molecule has 0 radical (unpaired) electrons. The third-order valence-corrected chi connectivity index (χ3v) is 3.21. The molecule has 0 aliphatic rings. The SMILES string of the molecule is C=C(C)C[C@H](N)c1cc(Br)cc(Br)c1N.Cl. The molecule has 1 aromatic carbocycles. The average Bonchev–Trinajstić information content (AvgIpc) is 2.09. The number of anilines is 1. The van der Waals surface area contributed by atoms with Crippen molar-refractivity contribution in [3.63, 3.8) is 0 Å². The molecule has 90 valence electrons. The van der Waals surface area contributed by atoms with Gasteiger partial charge in [-0.1, -0.05) is 21.5 Å². The molecule has 0 bridgehead atoms. The van der Waals surface area contributed by atoms with E-state index in [4.69, 9.17) is 11.5 Å². The van der Waals surface area contributed by atoms with Crippen molar-refractivity contribution in [2.45, 2.75) is 19.4 Å². The van der Waals surface area contributed by atoms with Crippen molar-refractivity contribution < 1.29 is 0 Å². The molecule has 1 rings (SSSR count). The van der Waals surface area contributed by atoms with E-state index in [2.05, 4.69) is 38.4 Å². The number of hydrogen-bond acceptors (Lipinski definition) is 2. The van der Waals surface area contributed by atoms with Crippen LogP contribution in [-0.2, 0) is 0 Å². The minimum atomic E-state index is -0.101. The highest BCUT2D eigenvalue weighted by Crippen LogP contribution is 2.32. The second kappa shape index (κ2) is 6.64. The molecule has 0 aliphatic carbocycles. The van der Waals surface area contributed by atoms with Gasteiger partial charge in [0.25, 0.3) is 0 Å². The maximum atomic E-state index is 6.05. The maximum Gasteiger partial charge on any atom is 0.0507 e. The fraction of sp³-hybridized carbons (Fsp3) is 0.273. The maximum absolute atomic E-state index is 6.05. The number of halogens is 3. The number of benzene rings is 1. The first-order valence-corrected chi connectivity index (χ1v) is 6.14. The first kappa shape index (κ1) is 16.0. The molecule has 1 atom stereocenters. The first-order chi connectivity index (χ1) is 6.91. The lowest BCUT2D eigenvalue weighted by Crippen LogP contribution is -2.13. The fourth-order valence-electron chi connectivity index (χ4n) is 1.40. The third-order valence-electron chi connectivity index (χ3n) is 2.09. The van der Waals surface area contributed by atoms with Gasteiger partial charge in [-0.15, -0.1) is 19.0 Å². The zero-order chi connectivity index (χ0) is 11.6. The van der Waals surface area contributed by atoms with Gasteiger partial charge >= 0.3 is 0 Å². The molecule has 0 amide bonds. The topological polar surface area (TPSA) is 52.0 Å². The Hall–Kier alpha value is -0.0300. The number of rotatable bonds is 3. The number of nitrogen functional groups attached to an aromatic ring is 1. The highest BCUT2D eigenvalue weighted by atomic mass is 79.9. The molecule has 0 aromatic heterocycles. The summed E-state index contributed by atoms with van der Waals surface area (Å²) >= 11 is 6.82. The normalized spacial score (nSPS) is 11.8. The lowest BCUT2D eigenvalue weighted by Gasteiger charge is -2.16. The Morgan fingerprint density at radius 3 is 2.50 bits per heavy atom. The number of hydrogen-bond donors (Lipinski definition) is 2. The molecule has 0 heterocycles. The van der Waals surface area contributed by atoms with E-state index in [-0.39, 0.29) is 18.4 Å². The van der Waals surface area contributed by atoms with Crippen molar-refractivity contribution in [1.82, 2.24) is 0 Å². The van der Waals surface area contributed by atoms with E-state index in [1.165, 1.54) is 0 Å². The largest absolute Gasteiger partial charge is 0.398 e. The molecule has 0 spiro atoms. The highest BCUT2D eigenvalue weighted by Gasteiger charge is 2.12. The van der Waals surface area contributed by atoms with Crippen molar-refractivity contribution in [2.75, 3.05) is 5.73 Å². The van der Waals surface area contributed by atoms with Gasteiger partial charge in [0, 0.05) is 15.0 Å². The standard InChI is InChI=1S/C11H14Br2N2.ClH/c1-6(2)3-10(14)8-4-7(12)5-9(13)11(8)15;/h4-5,10H,1,3,14-15H2,2H3;1H/t10-;/m0./s1. The lowest BCUT2D eigenvalue weighted by atomic mass is 10.00. The van der Waals surface area contributed by atoms with Crippen LogP contribution in [0, 0.1) is 0 Å². The zero-order valence-corrected chi connectivity index (χ0v) is 13.0. The monoisotopic (exact) mass is 368 g/mol. The van der Waals surface area contributed by atoms with Gasteiger partial charge in [-0.25, -0.2) is 0 Å². The van der Waals surface area contributed by atoms with E-state index < -0.39 is 0 Å². The van der Waals surface area contributed by atoms with Crippen molar-refractivity contribution >= 4 is 50.0 Å². The Bertz CT molecular complexity index is 394. The van der Waals surface area contributed by atoms with Gasteiger partial charge in [0.1, 0.15) is 0 Å². The minimum Gasteiger partial charge on any atom is -0.398 e. The Kier molecular flexibility index (Phi) is 6.63. The molecule has 1 aromatic rings. The first-order valence-electron chi connectivity index (χ1n) is 4.56. The summed E-state index contributed by atoms with van der Waals surface area (Å²) < 4.78 is 1.83. The van der Waals surface area contributed by atoms with Crippen molar-refractivity contribution in [3.05, 3.63) is 38.8 Å². The van der Waals surface area contributed by atoms with Crippen molar-refractivity contribution in [2.24, 2.45) is 5.73 Å². The summed E-state index contributed by atoms with van der Waals surface area (Å²) in [5.41, 5.74) is 14.7. The van der Waals surface area contributed by atoms with Crippen LogP contribution in [-0.4, -0.2) is 0 Å². The van der Waals surface area contributed by atoms with E-state index >= 15 is 0 Å². The highest BCUT2D eigenvalue weighted by molar-refractivity contribution is 9.11. The number of nitrogens with two attached hydrogens (primary N) is 2. The molecular weight excluding hydrogens is 355 g/mol. The van der Waals surface area contributed by atoms with Crippen LogP contribution in [0.25, 0.3) is 0 Å². The smallest absolute Gasteiger partial charge is 0.0507 e. The van der Waals surface area contributed by atoms with Gasteiger partial charge in [0.15, 0.2) is 0 Å². The van der Waals surface area contributed by atoms with Crippen LogP contribution in [0.1, 0.15) is 24.9 Å². The van der Waals surface area contributed by atoms with E-state index in [0.29, 0.717) is 5.69 Å². The fourth-order valence-corrected chi connectivity index (χ4v) is 2.66. The summed E-state index contributed by atoms with van der Waals surface area (Å²) in [7, 11) is 0. The van der Waals surface area contributed by atoms with Crippen LogP contribution >= 0.6 is 44.3 Å². The Morgan fingerprint density at radius 2 is 2.00 bits per heavy atom. The quantitative estimate of drug-likeness (QED) is 0.619. The van der Waals surface area contributed by atoms with E-state index in [9.17, 15) is 0 Å². The van der Waals surface area contributed by atoms with Gasteiger partial charge in [-0.2, -0.15) is 0 Å². The molecule has 16 heavy (non-hydrogen) atoms. The lowest BCUT2D eigenvalue weighted by molar-refractivity contribution is 0.718. The Balaban J connectivity index is 0.00000225. The molecule has 0 saturated carbocycles. The molecule has 0 aliphatic heterocycles. The predicted octanol–water partition coefficient (Wildman–Crippen LogP) is 4.18. The van der Waals surface area contributed by atoms with Crippen LogP contribution in [0.2, 0.25) is 0 Å². The van der Waals surface area contributed by atoms with E-state index in [1.807, 2.05) is 19.1 Å². The van der Waals surface area contributed by atoms with Crippen LogP contribution < -0.4 is 11.5 Å². The van der Waals surface area contributed by atoms with Crippen LogP contribution in [0.4, 0.5) is 5.69 Å². The Labute approximate surface area is 119 Å². The summed E-state index contributed by atoms with van der Waals surface area (Å²) in [5, 5.41) is 0. The molecule has 0 fully saturated rings. The second-order valence-electron chi connectivity index (χ2n) is 3.66. The van der Waals surface area contributed by atoms with Gasteiger partial charge in [-0.3, -0.25) is 0 Å². The minimum absolute atomic E-state index is 0. The zero-order valence-electron chi connectivity index (χ0n) is 8.97. The summed E-state index contributed by atoms with van der Waals surface area (Å²) in [4.78, 5) is 0. The van der Waals surface area contributed by atoms with Gasteiger partial charge in [0.05, 0.1) is 5.69 Å². The van der Waals surface area contributed by atoms with Crippen LogP contribution in [0.5, 0.6) is 0 Å². The average molecular weight is 371 g/mol. The molecule has 4 N–H and O–H groups in total. The molecule has 2 nitrogen and oxygen atoms in total. The van der Waals surface area contributed by atoms with Gasteiger partial charge in [-0.05, 0) is 47.0 Å². The summed E-state index contributed by atoms with van der Waals surface area (Å²) in [6, 6.07) is 3.76. The molecule has 5 heteroatoms. The third kappa shape index (κ3) is 4.09. The summed E-state index contributed by atoms with van der Waals surface area (Å²) in [6.45, 7) is 5.81. The van der Waals surface area contributed by atoms with Crippen molar-refractivity contribution in [1.29, 1.82) is 0 Å². The second-order valence-corrected chi connectivity index (χ2v) is 5.43. The molecular formula is C11H15Br2ClN2. The van der Waals surface area contributed by atoms with Gasteiger partial charge in [0.2, 0.25) is 0 Å². The van der Waals surface area contributed by atoms with Crippen LogP contribution in [0.15, 0.2) is 33.2 Å². The van der Waals surface area contributed by atoms with Crippen LogP contribution in [0.3, 0.4) is 0 Å². The predicted molar refractivity (Wildman–Crippen MR) is 79.9 cm³/mol. The Morgan fingerprint density at radius 1 is 1.44 bits per heavy atom. The summed E-state index contributed by atoms with van der Waals surface area (Å²) in [6.07, 6.45) is 0.743. The summed E-state index contributed by atoms with van der Waals surface area (Å²) in [5.74, 6) is 0. The van der Waals surface area contributed by atoms with E-state index in [1.54, 1.807) is 0 Å². The molecule has 0 unspecified atom stereocenters. The van der Waals surface area contributed by atoms with Crippen molar-refractivity contribution in [3.8, 4) is 0 Å². The van der Waals surface area contributed by atoms with Gasteiger partial charge < -0.3 is 11.5 Å². The molecule has 0 saturated heterocycles. The van der Waals surface area contributed by atoms with E-state index in [0.717, 1.165) is 26.5 Å².